The predicted octanol–water partition coefficient (Wildman–Crippen LogP) is 4.80. The molecule has 2 unspecified atom stereocenters. The first-order valence-electron chi connectivity index (χ1n) is 13.3. The van der Waals surface area contributed by atoms with Crippen LogP contribution in [-0.2, 0) is 12.6 Å². The Kier molecular flexibility index (Phi) is 6.81. The van der Waals surface area contributed by atoms with Crippen LogP contribution in [0.1, 0.15) is 77.6 Å². The molecule has 9 heteroatoms. The molecule has 0 radical (unpaired) electrons. The van der Waals surface area contributed by atoms with Crippen molar-refractivity contribution in [3.8, 4) is 0 Å². The Morgan fingerprint density at radius 2 is 1.73 bits per heavy atom. The summed E-state index contributed by atoms with van der Waals surface area (Å²) in [7, 11) is 0. The number of amides is 1. The number of piperazine rings is 1. The number of rotatable bonds is 3. The van der Waals surface area contributed by atoms with Crippen molar-refractivity contribution in [2.75, 3.05) is 32.7 Å². The summed E-state index contributed by atoms with van der Waals surface area (Å²) in [6.45, 7) is 12.2. The number of benzene rings is 1. The molecule has 2 atom stereocenters. The smallest absolute Gasteiger partial charge is 0.338 e. The first-order valence-corrected chi connectivity index (χ1v) is 13.3. The van der Waals surface area contributed by atoms with Crippen LogP contribution in [0.25, 0.3) is 0 Å². The molecule has 1 aromatic carbocycles. The molecule has 2 fully saturated rings. The van der Waals surface area contributed by atoms with Gasteiger partial charge in [0.15, 0.2) is 0 Å². The third kappa shape index (κ3) is 4.88. The van der Waals surface area contributed by atoms with Crippen LogP contribution < -0.4 is 0 Å². The van der Waals surface area contributed by atoms with Crippen molar-refractivity contribution in [3.63, 3.8) is 0 Å². The Hall–Kier alpha value is -2.52. The summed E-state index contributed by atoms with van der Waals surface area (Å²) in [5, 5.41) is 0. The lowest BCUT2D eigenvalue weighted by Crippen LogP contribution is -2.62. The van der Waals surface area contributed by atoms with Gasteiger partial charge in [-0.3, -0.25) is 14.6 Å². The van der Waals surface area contributed by atoms with Gasteiger partial charge in [0.25, 0.3) is 5.91 Å². The molecule has 1 amide bonds. The largest absolute Gasteiger partial charge is 0.416 e. The zero-order chi connectivity index (χ0) is 26.5. The van der Waals surface area contributed by atoms with Gasteiger partial charge in [-0.1, -0.05) is 6.07 Å². The molecule has 1 aliphatic carbocycles. The van der Waals surface area contributed by atoms with E-state index in [-0.39, 0.29) is 23.5 Å². The van der Waals surface area contributed by atoms with E-state index in [2.05, 4.69) is 33.6 Å². The molecule has 3 aliphatic rings. The number of alkyl halides is 3. The maximum absolute atomic E-state index is 13.4. The molecule has 0 spiro atoms. The Balaban J connectivity index is 1.23. The Bertz CT molecular complexity index is 1150. The molecule has 0 bridgehead atoms. The van der Waals surface area contributed by atoms with Crippen molar-refractivity contribution in [2.24, 2.45) is 0 Å². The lowest BCUT2D eigenvalue weighted by molar-refractivity contribution is -0.137. The van der Waals surface area contributed by atoms with Crippen molar-refractivity contribution >= 4 is 5.91 Å². The standard InChI is InChI=1S/C28H36F3N5O/c1-18-16-35(13-14-36(18)24-8-6-21-5-7-22(15-23(21)24)28(29,30)31)27(4)9-11-34(12-10-27)26(37)25-19(2)32-17-33-20(25)3/h5,7,15,17-18,24H,6,8-14,16H2,1-4H3. The number of likely N-dealkylation sites (tertiary alicyclic amines) is 1. The van der Waals surface area contributed by atoms with Crippen LogP contribution in [0.15, 0.2) is 24.5 Å². The minimum Gasteiger partial charge on any atom is -0.338 e. The monoisotopic (exact) mass is 515 g/mol. The fourth-order valence-corrected chi connectivity index (χ4v) is 6.59. The first-order chi connectivity index (χ1) is 17.5. The maximum atomic E-state index is 13.4. The summed E-state index contributed by atoms with van der Waals surface area (Å²) in [5.41, 5.74) is 3.38. The highest BCUT2D eigenvalue weighted by atomic mass is 19.4. The zero-order valence-electron chi connectivity index (χ0n) is 22.1. The minimum atomic E-state index is -4.32. The summed E-state index contributed by atoms with van der Waals surface area (Å²) >= 11 is 0. The van der Waals surface area contributed by atoms with Gasteiger partial charge >= 0.3 is 6.18 Å². The number of carbonyl (C=O) groups excluding carboxylic acids is 1. The molecule has 2 aliphatic heterocycles. The minimum absolute atomic E-state index is 0.00830. The van der Waals surface area contributed by atoms with Crippen molar-refractivity contribution < 1.29 is 18.0 Å². The molecule has 200 valence electrons. The Morgan fingerprint density at radius 1 is 1.05 bits per heavy atom. The second-order valence-electron chi connectivity index (χ2n) is 11.2. The van der Waals surface area contributed by atoms with E-state index in [0.29, 0.717) is 30.0 Å². The van der Waals surface area contributed by atoms with E-state index < -0.39 is 11.7 Å². The molecular formula is C28H36F3N5O. The predicted molar refractivity (Wildman–Crippen MR) is 135 cm³/mol. The number of fused-ring (bicyclic) bond motifs is 1. The van der Waals surface area contributed by atoms with E-state index in [9.17, 15) is 18.0 Å². The highest BCUT2D eigenvalue weighted by Crippen LogP contribution is 2.42. The van der Waals surface area contributed by atoms with E-state index in [1.165, 1.54) is 18.5 Å². The van der Waals surface area contributed by atoms with Crippen molar-refractivity contribution in [1.29, 1.82) is 0 Å². The number of carbonyl (C=O) groups is 1. The lowest BCUT2D eigenvalue weighted by atomic mass is 9.86. The molecule has 0 N–H and O–H groups in total. The fraction of sp³-hybridized carbons (Fsp3) is 0.607. The highest BCUT2D eigenvalue weighted by molar-refractivity contribution is 5.96. The molecular weight excluding hydrogens is 479 g/mol. The van der Waals surface area contributed by atoms with Gasteiger partial charge in [-0.2, -0.15) is 13.2 Å². The van der Waals surface area contributed by atoms with E-state index in [1.54, 1.807) is 6.07 Å². The number of hydrogen-bond donors (Lipinski definition) is 0. The van der Waals surface area contributed by atoms with Gasteiger partial charge in [-0.25, -0.2) is 9.97 Å². The number of nitrogens with zero attached hydrogens (tertiary/aromatic N) is 5. The van der Waals surface area contributed by atoms with Crippen LogP contribution in [0.2, 0.25) is 0 Å². The normalized spacial score (nSPS) is 24.8. The lowest BCUT2D eigenvalue weighted by Gasteiger charge is -2.52. The average Bonchev–Trinajstić information content (AvgIpc) is 3.27. The molecule has 1 aromatic heterocycles. The van der Waals surface area contributed by atoms with Gasteiger partial charge in [0.1, 0.15) is 6.33 Å². The molecule has 2 aromatic rings. The Labute approximate surface area is 216 Å². The van der Waals surface area contributed by atoms with Gasteiger partial charge in [-0.05, 0) is 76.6 Å². The summed E-state index contributed by atoms with van der Waals surface area (Å²) < 4.78 is 40.1. The molecule has 2 saturated heterocycles. The average molecular weight is 516 g/mol. The summed E-state index contributed by atoms with van der Waals surface area (Å²) in [5.74, 6) is 0.00830. The van der Waals surface area contributed by atoms with E-state index in [1.807, 2.05) is 18.7 Å². The van der Waals surface area contributed by atoms with Crippen LogP contribution in [0, 0.1) is 13.8 Å². The van der Waals surface area contributed by atoms with Crippen LogP contribution in [0.3, 0.4) is 0 Å². The second kappa shape index (κ2) is 9.66. The molecule has 6 nitrogen and oxygen atoms in total. The van der Waals surface area contributed by atoms with Crippen LogP contribution in [0.5, 0.6) is 0 Å². The first kappa shape index (κ1) is 26.1. The van der Waals surface area contributed by atoms with Gasteiger partial charge < -0.3 is 4.90 Å². The number of hydrogen-bond acceptors (Lipinski definition) is 5. The van der Waals surface area contributed by atoms with Crippen LogP contribution >= 0.6 is 0 Å². The van der Waals surface area contributed by atoms with Crippen molar-refractivity contribution in [3.05, 3.63) is 58.2 Å². The molecule has 37 heavy (non-hydrogen) atoms. The van der Waals surface area contributed by atoms with Crippen molar-refractivity contribution in [1.82, 2.24) is 24.7 Å². The number of aryl methyl sites for hydroxylation is 3. The summed E-state index contributed by atoms with van der Waals surface area (Å²) in [6.07, 6.45) is 0.656. The van der Waals surface area contributed by atoms with Gasteiger partial charge in [0.05, 0.1) is 22.5 Å². The van der Waals surface area contributed by atoms with Crippen LogP contribution in [0.4, 0.5) is 13.2 Å². The van der Waals surface area contributed by atoms with Crippen molar-refractivity contribution in [2.45, 2.75) is 77.2 Å². The van der Waals surface area contributed by atoms with E-state index in [0.717, 1.165) is 56.4 Å². The number of piperidine rings is 1. The molecule has 5 rings (SSSR count). The Morgan fingerprint density at radius 3 is 2.35 bits per heavy atom. The quantitative estimate of drug-likeness (QED) is 0.588. The van der Waals surface area contributed by atoms with E-state index in [4.69, 9.17) is 0 Å². The maximum Gasteiger partial charge on any atom is 0.416 e. The molecule has 0 saturated carbocycles. The summed E-state index contributed by atoms with van der Waals surface area (Å²) in [6, 6.07) is 4.54. The third-order valence-electron chi connectivity index (χ3n) is 8.93. The zero-order valence-corrected chi connectivity index (χ0v) is 22.1. The van der Waals surface area contributed by atoms with Gasteiger partial charge in [0.2, 0.25) is 0 Å². The van der Waals surface area contributed by atoms with E-state index >= 15 is 0 Å². The fourth-order valence-electron chi connectivity index (χ4n) is 6.59. The second-order valence-corrected chi connectivity index (χ2v) is 11.2. The number of aromatic nitrogens is 2. The van der Waals surface area contributed by atoms with Gasteiger partial charge in [-0.15, -0.1) is 0 Å². The number of halogens is 3. The van der Waals surface area contributed by atoms with Gasteiger partial charge in [0, 0.05) is 50.3 Å². The topological polar surface area (TPSA) is 52.6 Å². The third-order valence-corrected chi connectivity index (χ3v) is 8.93. The highest BCUT2D eigenvalue weighted by Gasteiger charge is 2.42. The molecule has 3 heterocycles. The summed E-state index contributed by atoms with van der Waals surface area (Å²) in [4.78, 5) is 28.5. The van der Waals surface area contributed by atoms with Crippen LogP contribution in [-0.4, -0.2) is 74.9 Å². The SMILES string of the molecule is Cc1ncnc(C)c1C(=O)N1CCC(C)(N2CCN(C3CCc4ccc(C(F)(F)F)cc43)C(C)C2)CC1.